The van der Waals surface area contributed by atoms with Crippen molar-refractivity contribution in [2.75, 3.05) is 30.6 Å². The van der Waals surface area contributed by atoms with Gasteiger partial charge in [0.15, 0.2) is 4.34 Å². The second kappa shape index (κ2) is 10.9. The Labute approximate surface area is 204 Å². The molecule has 0 unspecified atom stereocenters. The van der Waals surface area contributed by atoms with Crippen molar-refractivity contribution in [1.82, 2.24) is 10.2 Å². The number of nitrogens with one attached hydrogen (secondary N) is 2. The lowest BCUT2D eigenvalue weighted by atomic mass is 10.2. The van der Waals surface area contributed by atoms with E-state index >= 15 is 0 Å². The van der Waals surface area contributed by atoms with E-state index < -0.39 is 23.6 Å². The van der Waals surface area contributed by atoms with Crippen LogP contribution in [0.15, 0.2) is 40.7 Å². The van der Waals surface area contributed by atoms with Gasteiger partial charge in [0.25, 0.3) is 5.91 Å². The Bertz CT molecular complexity index is 1210. The Morgan fingerprint density at radius 3 is 2.53 bits per heavy atom. The molecule has 1 aromatic heterocycles. The van der Waals surface area contributed by atoms with E-state index in [2.05, 4.69) is 20.8 Å². The molecule has 3 aromatic rings. The number of rotatable bonds is 8. The maximum absolute atomic E-state index is 12.9. The summed E-state index contributed by atoms with van der Waals surface area (Å²) < 4.78 is 49.3. The average Bonchev–Trinajstić information content (AvgIpc) is 3.25. The van der Waals surface area contributed by atoms with Gasteiger partial charge in [0.1, 0.15) is 11.5 Å². The fourth-order valence-corrected chi connectivity index (χ4v) is 4.29. The first-order chi connectivity index (χ1) is 16.1. The normalized spacial score (nSPS) is 11.1. The molecule has 1 heterocycles. The third kappa shape index (κ3) is 6.52. The second-order valence-corrected chi connectivity index (χ2v) is 9.03. The molecule has 0 aliphatic carbocycles. The van der Waals surface area contributed by atoms with Gasteiger partial charge in [0.05, 0.1) is 41.8 Å². The maximum Gasteiger partial charge on any atom is 0.416 e. The van der Waals surface area contributed by atoms with Crippen molar-refractivity contribution in [3.63, 3.8) is 0 Å². The number of thioether (sulfide) groups is 1. The van der Waals surface area contributed by atoms with E-state index in [1.54, 1.807) is 12.1 Å². The molecule has 180 valence electrons. The molecule has 2 N–H and O–H groups in total. The Morgan fingerprint density at radius 2 is 1.85 bits per heavy atom. The highest BCUT2D eigenvalue weighted by Crippen LogP contribution is 2.34. The number of anilines is 2. The van der Waals surface area contributed by atoms with Gasteiger partial charge in [-0.05, 0) is 30.3 Å². The maximum atomic E-state index is 12.9. The number of halogens is 4. The van der Waals surface area contributed by atoms with Gasteiger partial charge in [-0.3, -0.25) is 14.9 Å². The number of benzene rings is 2. The van der Waals surface area contributed by atoms with Crippen LogP contribution in [0.2, 0.25) is 5.02 Å². The van der Waals surface area contributed by atoms with Crippen molar-refractivity contribution in [2.45, 2.75) is 10.5 Å². The lowest BCUT2D eigenvalue weighted by Gasteiger charge is -2.11. The van der Waals surface area contributed by atoms with E-state index in [9.17, 15) is 22.8 Å². The smallest absolute Gasteiger partial charge is 0.416 e. The van der Waals surface area contributed by atoms with Crippen molar-refractivity contribution in [3.8, 4) is 11.5 Å². The van der Waals surface area contributed by atoms with Crippen LogP contribution in [-0.2, 0) is 11.0 Å². The van der Waals surface area contributed by atoms with E-state index in [4.69, 9.17) is 21.1 Å². The number of carbonyl (C=O) groups is 2. The summed E-state index contributed by atoms with van der Waals surface area (Å²) in [5.41, 5.74) is -0.830. The molecular weight excluding hydrogens is 517 g/mol. The number of amides is 2. The molecule has 0 saturated heterocycles. The van der Waals surface area contributed by atoms with E-state index in [0.29, 0.717) is 15.8 Å². The van der Waals surface area contributed by atoms with Crippen LogP contribution in [0.3, 0.4) is 0 Å². The number of hydrogen-bond donors (Lipinski definition) is 2. The molecule has 0 spiro atoms. The Morgan fingerprint density at radius 1 is 1.09 bits per heavy atom. The zero-order chi connectivity index (χ0) is 24.9. The number of hydrogen-bond acceptors (Lipinski definition) is 8. The van der Waals surface area contributed by atoms with Crippen LogP contribution in [0.5, 0.6) is 11.5 Å². The predicted octanol–water partition coefficient (Wildman–Crippen LogP) is 5.21. The molecule has 0 fully saturated rings. The molecule has 0 saturated carbocycles. The van der Waals surface area contributed by atoms with Crippen LogP contribution in [0.4, 0.5) is 24.0 Å². The summed E-state index contributed by atoms with van der Waals surface area (Å²) in [5.74, 6) is -0.408. The van der Waals surface area contributed by atoms with Crippen LogP contribution >= 0.6 is 34.7 Å². The summed E-state index contributed by atoms with van der Waals surface area (Å²) in [5, 5.41) is 12.8. The molecule has 2 amide bonds. The molecule has 0 atom stereocenters. The number of methoxy groups -OCH3 is 2. The van der Waals surface area contributed by atoms with Crippen molar-refractivity contribution in [2.24, 2.45) is 0 Å². The van der Waals surface area contributed by atoms with Gasteiger partial charge in [-0.2, -0.15) is 13.2 Å². The number of aromatic nitrogens is 2. The average molecular weight is 533 g/mol. The third-order valence-electron chi connectivity index (χ3n) is 4.17. The predicted molar refractivity (Wildman–Crippen MR) is 123 cm³/mol. The van der Waals surface area contributed by atoms with Gasteiger partial charge in [-0.15, -0.1) is 10.2 Å². The summed E-state index contributed by atoms with van der Waals surface area (Å²) in [4.78, 5) is 24.7. The number of alkyl halides is 3. The third-order valence-corrected chi connectivity index (χ3v) is 6.48. The highest BCUT2D eigenvalue weighted by atomic mass is 35.5. The molecule has 3 rings (SSSR count). The molecule has 0 radical (unpaired) electrons. The lowest BCUT2D eigenvalue weighted by Crippen LogP contribution is -2.15. The van der Waals surface area contributed by atoms with Crippen LogP contribution in [0.1, 0.15) is 15.9 Å². The number of ether oxygens (including phenoxy) is 2. The van der Waals surface area contributed by atoms with Crippen LogP contribution < -0.4 is 20.1 Å². The summed E-state index contributed by atoms with van der Waals surface area (Å²) in [6, 6.07) is 7.35. The van der Waals surface area contributed by atoms with Gasteiger partial charge >= 0.3 is 6.18 Å². The summed E-state index contributed by atoms with van der Waals surface area (Å²) >= 11 is 7.90. The second-order valence-electron chi connectivity index (χ2n) is 6.42. The number of carbonyl (C=O) groups excluding carboxylic acids is 2. The van der Waals surface area contributed by atoms with Crippen LogP contribution in [-0.4, -0.2) is 42.0 Å². The molecule has 0 aliphatic heterocycles. The summed E-state index contributed by atoms with van der Waals surface area (Å²) in [6.45, 7) is 0. The SMILES string of the molecule is COc1ccc(C(=O)Nc2nnc(SCC(=O)Nc3cc(C(F)(F)F)ccc3Cl)s2)c(OC)c1. The van der Waals surface area contributed by atoms with E-state index in [0.717, 1.165) is 41.3 Å². The van der Waals surface area contributed by atoms with Gasteiger partial charge in [0.2, 0.25) is 11.0 Å². The first kappa shape index (κ1) is 25.6. The van der Waals surface area contributed by atoms with E-state index in [1.807, 2.05) is 0 Å². The quantitative estimate of drug-likeness (QED) is 0.303. The minimum absolute atomic E-state index is 0.0266. The van der Waals surface area contributed by atoms with Gasteiger partial charge < -0.3 is 14.8 Å². The zero-order valence-electron chi connectivity index (χ0n) is 17.5. The Kier molecular flexibility index (Phi) is 8.23. The minimum atomic E-state index is -4.57. The summed E-state index contributed by atoms with van der Waals surface area (Å²) in [7, 11) is 2.91. The van der Waals surface area contributed by atoms with Crippen molar-refractivity contribution in [1.29, 1.82) is 0 Å². The van der Waals surface area contributed by atoms with Gasteiger partial charge in [0, 0.05) is 6.07 Å². The fourth-order valence-electron chi connectivity index (χ4n) is 2.58. The summed E-state index contributed by atoms with van der Waals surface area (Å²) in [6.07, 6.45) is -4.57. The molecule has 0 bridgehead atoms. The minimum Gasteiger partial charge on any atom is -0.497 e. The van der Waals surface area contributed by atoms with E-state index in [-0.39, 0.29) is 27.2 Å². The topological polar surface area (TPSA) is 102 Å². The Balaban J connectivity index is 1.58. The molecule has 0 aliphatic rings. The fraction of sp³-hybridized carbons (Fsp3) is 0.200. The molecule has 14 heteroatoms. The van der Waals surface area contributed by atoms with E-state index in [1.165, 1.54) is 20.3 Å². The molecule has 2 aromatic carbocycles. The molecule has 8 nitrogen and oxygen atoms in total. The Hall–Kier alpha value is -3.03. The standard InChI is InChI=1S/C20H16ClF3N4O4S2/c1-31-11-4-5-12(15(8-11)32-2)17(30)26-18-27-28-19(34-18)33-9-16(29)25-14-7-10(20(22,23)24)3-6-13(14)21/h3-8H,9H2,1-2H3,(H,25,29)(H,26,27,30). The highest BCUT2D eigenvalue weighted by Gasteiger charge is 2.31. The first-order valence-electron chi connectivity index (χ1n) is 9.27. The zero-order valence-corrected chi connectivity index (χ0v) is 19.9. The highest BCUT2D eigenvalue weighted by molar-refractivity contribution is 8.01. The van der Waals surface area contributed by atoms with Gasteiger partial charge in [-0.25, -0.2) is 0 Å². The van der Waals surface area contributed by atoms with Crippen LogP contribution in [0.25, 0.3) is 0 Å². The van der Waals surface area contributed by atoms with Crippen molar-refractivity contribution in [3.05, 3.63) is 52.5 Å². The molecule has 34 heavy (non-hydrogen) atoms. The monoisotopic (exact) mass is 532 g/mol. The first-order valence-corrected chi connectivity index (χ1v) is 11.4. The largest absolute Gasteiger partial charge is 0.497 e. The number of nitrogens with zero attached hydrogens (tertiary/aromatic N) is 2. The van der Waals surface area contributed by atoms with Crippen molar-refractivity contribution >= 4 is 57.3 Å². The van der Waals surface area contributed by atoms with Crippen LogP contribution in [0, 0.1) is 0 Å². The molecular formula is C20H16ClF3N4O4S2. The van der Waals surface area contributed by atoms with Gasteiger partial charge in [-0.1, -0.05) is 34.7 Å². The lowest BCUT2D eigenvalue weighted by molar-refractivity contribution is -0.137. The van der Waals surface area contributed by atoms with Crippen molar-refractivity contribution < 1.29 is 32.2 Å².